The number of nitrogens with zero attached hydrogens (tertiary/aromatic N) is 4. The number of methoxy groups -OCH3 is 1. The molecule has 0 bridgehead atoms. The molecular formula is C22H26N4O3. The maximum absolute atomic E-state index is 5.79. The number of aromatic nitrogens is 2. The van der Waals surface area contributed by atoms with Crippen molar-refractivity contribution in [3.05, 3.63) is 60.5 Å². The van der Waals surface area contributed by atoms with Gasteiger partial charge in [0.15, 0.2) is 0 Å². The summed E-state index contributed by atoms with van der Waals surface area (Å²) >= 11 is 0. The quantitative estimate of drug-likeness (QED) is 0.582. The van der Waals surface area contributed by atoms with Gasteiger partial charge in [-0.15, -0.1) is 0 Å². The second-order valence-electron chi connectivity index (χ2n) is 7.02. The Kier molecular flexibility index (Phi) is 6.38. The minimum atomic E-state index is 0.611. The molecule has 0 saturated carbocycles. The van der Waals surface area contributed by atoms with Gasteiger partial charge in [0.1, 0.15) is 18.1 Å². The molecule has 0 radical (unpaired) electrons. The molecule has 3 aromatic rings. The van der Waals surface area contributed by atoms with E-state index in [1.54, 1.807) is 7.11 Å². The molecule has 29 heavy (non-hydrogen) atoms. The fraction of sp³-hybridized carbons (Fsp3) is 0.364. The molecule has 0 amide bonds. The van der Waals surface area contributed by atoms with Crippen LogP contribution in [0.3, 0.4) is 0 Å². The third-order valence-electron chi connectivity index (χ3n) is 5.06. The number of para-hydroxylation sites is 1. The Morgan fingerprint density at radius 1 is 0.897 bits per heavy atom. The standard InChI is InChI=1S/C22H26N4O3/c1-27-19-9-7-18(8-10-19)22-23-21(29-24-22)17-26-13-11-25(12-14-26)15-16-28-20-5-3-2-4-6-20/h2-10H,11-17H2,1H3. The zero-order chi connectivity index (χ0) is 19.9. The zero-order valence-corrected chi connectivity index (χ0v) is 16.7. The van der Waals surface area contributed by atoms with Crippen LogP contribution < -0.4 is 9.47 Å². The minimum absolute atomic E-state index is 0.611. The van der Waals surface area contributed by atoms with Crippen LogP contribution in [0.1, 0.15) is 5.89 Å². The molecule has 0 aliphatic carbocycles. The first-order valence-corrected chi connectivity index (χ1v) is 9.90. The predicted octanol–water partition coefficient (Wildman–Crippen LogP) is 2.94. The van der Waals surface area contributed by atoms with Crippen LogP contribution in [0.15, 0.2) is 59.1 Å². The maximum atomic E-state index is 5.79. The SMILES string of the molecule is COc1ccc(-c2noc(CN3CCN(CCOc4ccccc4)CC3)n2)cc1. The van der Waals surface area contributed by atoms with Crippen molar-refractivity contribution in [3.63, 3.8) is 0 Å². The molecule has 1 aromatic heterocycles. The lowest BCUT2D eigenvalue weighted by molar-refractivity contribution is 0.104. The lowest BCUT2D eigenvalue weighted by Crippen LogP contribution is -2.47. The smallest absolute Gasteiger partial charge is 0.241 e. The van der Waals surface area contributed by atoms with Gasteiger partial charge in [-0.25, -0.2) is 0 Å². The van der Waals surface area contributed by atoms with Gasteiger partial charge in [0.2, 0.25) is 11.7 Å². The Morgan fingerprint density at radius 3 is 2.34 bits per heavy atom. The van der Waals surface area contributed by atoms with Gasteiger partial charge in [-0.3, -0.25) is 9.80 Å². The maximum Gasteiger partial charge on any atom is 0.241 e. The molecule has 1 aliphatic heterocycles. The molecule has 2 heterocycles. The molecule has 0 unspecified atom stereocenters. The van der Waals surface area contributed by atoms with Crippen molar-refractivity contribution in [1.29, 1.82) is 0 Å². The average molecular weight is 394 g/mol. The van der Waals surface area contributed by atoms with Crippen molar-refractivity contribution in [1.82, 2.24) is 19.9 Å². The Labute approximate surface area is 170 Å². The Bertz CT molecular complexity index is 875. The normalized spacial score (nSPS) is 15.3. The number of hydrogen-bond acceptors (Lipinski definition) is 7. The second kappa shape index (κ2) is 9.54. The molecule has 4 rings (SSSR count). The largest absolute Gasteiger partial charge is 0.497 e. The van der Waals surface area contributed by atoms with Gasteiger partial charge >= 0.3 is 0 Å². The summed E-state index contributed by atoms with van der Waals surface area (Å²) in [5, 5.41) is 4.11. The Hall–Kier alpha value is -2.90. The van der Waals surface area contributed by atoms with E-state index in [0.29, 0.717) is 24.9 Å². The third kappa shape index (κ3) is 5.34. The van der Waals surface area contributed by atoms with Crippen LogP contribution in [-0.4, -0.2) is 66.4 Å². The van der Waals surface area contributed by atoms with Crippen LogP contribution >= 0.6 is 0 Å². The highest BCUT2D eigenvalue weighted by molar-refractivity contribution is 5.55. The highest BCUT2D eigenvalue weighted by Gasteiger charge is 2.19. The van der Waals surface area contributed by atoms with Crippen molar-refractivity contribution < 1.29 is 14.0 Å². The first kappa shape index (κ1) is 19.4. The predicted molar refractivity (Wildman–Crippen MR) is 110 cm³/mol. The fourth-order valence-corrected chi connectivity index (χ4v) is 3.35. The van der Waals surface area contributed by atoms with Gasteiger partial charge < -0.3 is 14.0 Å². The van der Waals surface area contributed by atoms with Crippen molar-refractivity contribution in [3.8, 4) is 22.9 Å². The summed E-state index contributed by atoms with van der Waals surface area (Å²) in [4.78, 5) is 9.31. The van der Waals surface area contributed by atoms with Crippen LogP contribution in [0.2, 0.25) is 0 Å². The van der Waals surface area contributed by atoms with E-state index in [-0.39, 0.29) is 0 Å². The summed E-state index contributed by atoms with van der Waals surface area (Å²) in [5.74, 6) is 3.00. The van der Waals surface area contributed by atoms with Gasteiger partial charge in [-0.2, -0.15) is 4.98 Å². The lowest BCUT2D eigenvalue weighted by Gasteiger charge is -2.33. The van der Waals surface area contributed by atoms with Gasteiger partial charge in [0.05, 0.1) is 13.7 Å². The summed E-state index contributed by atoms with van der Waals surface area (Å²) in [6.07, 6.45) is 0. The number of piperazine rings is 1. The van der Waals surface area contributed by atoms with Crippen LogP contribution in [0.4, 0.5) is 0 Å². The van der Waals surface area contributed by atoms with Crippen LogP contribution in [0.5, 0.6) is 11.5 Å². The van der Waals surface area contributed by atoms with E-state index in [0.717, 1.165) is 49.8 Å². The summed E-state index contributed by atoms with van der Waals surface area (Å²) < 4.78 is 16.4. The minimum Gasteiger partial charge on any atom is -0.497 e. The van der Waals surface area contributed by atoms with Crippen molar-refractivity contribution >= 4 is 0 Å². The summed E-state index contributed by atoms with van der Waals surface area (Å²) in [5.41, 5.74) is 0.920. The molecule has 152 valence electrons. The molecule has 0 N–H and O–H groups in total. The van der Waals surface area contributed by atoms with E-state index in [1.165, 1.54) is 0 Å². The lowest BCUT2D eigenvalue weighted by atomic mass is 10.2. The second-order valence-corrected chi connectivity index (χ2v) is 7.02. The molecule has 0 spiro atoms. The monoisotopic (exact) mass is 394 g/mol. The first-order valence-electron chi connectivity index (χ1n) is 9.90. The van der Waals surface area contributed by atoms with Crippen molar-refractivity contribution in [2.24, 2.45) is 0 Å². The first-order chi connectivity index (χ1) is 14.3. The average Bonchev–Trinajstić information content (AvgIpc) is 3.24. The van der Waals surface area contributed by atoms with E-state index in [2.05, 4.69) is 19.9 Å². The van der Waals surface area contributed by atoms with E-state index in [9.17, 15) is 0 Å². The van der Waals surface area contributed by atoms with Gasteiger partial charge in [0.25, 0.3) is 0 Å². The van der Waals surface area contributed by atoms with Crippen LogP contribution in [0.25, 0.3) is 11.4 Å². The molecule has 7 heteroatoms. The number of ether oxygens (including phenoxy) is 2. The highest BCUT2D eigenvalue weighted by Crippen LogP contribution is 2.20. The molecule has 1 aliphatic rings. The van der Waals surface area contributed by atoms with E-state index < -0.39 is 0 Å². The molecule has 0 atom stereocenters. The summed E-state index contributed by atoms with van der Waals surface area (Å²) in [7, 11) is 1.65. The van der Waals surface area contributed by atoms with E-state index in [1.807, 2.05) is 54.6 Å². The van der Waals surface area contributed by atoms with Crippen molar-refractivity contribution in [2.75, 3.05) is 46.4 Å². The fourth-order valence-electron chi connectivity index (χ4n) is 3.35. The summed E-state index contributed by atoms with van der Waals surface area (Å²) in [6.45, 7) is 6.30. The van der Waals surface area contributed by atoms with Crippen LogP contribution in [0, 0.1) is 0 Å². The molecular weight excluding hydrogens is 368 g/mol. The van der Waals surface area contributed by atoms with Crippen molar-refractivity contribution in [2.45, 2.75) is 6.54 Å². The van der Waals surface area contributed by atoms with E-state index in [4.69, 9.17) is 14.0 Å². The van der Waals surface area contributed by atoms with Gasteiger partial charge in [-0.1, -0.05) is 23.4 Å². The van der Waals surface area contributed by atoms with Crippen LogP contribution in [-0.2, 0) is 6.54 Å². The number of benzene rings is 2. The molecule has 2 aromatic carbocycles. The molecule has 7 nitrogen and oxygen atoms in total. The highest BCUT2D eigenvalue weighted by atomic mass is 16.5. The number of rotatable bonds is 8. The summed E-state index contributed by atoms with van der Waals surface area (Å²) in [6, 6.07) is 17.6. The Morgan fingerprint density at radius 2 is 1.62 bits per heavy atom. The topological polar surface area (TPSA) is 63.9 Å². The van der Waals surface area contributed by atoms with Gasteiger partial charge in [-0.05, 0) is 36.4 Å². The third-order valence-corrected chi connectivity index (χ3v) is 5.06. The Balaban J connectivity index is 1.21. The zero-order valence-electron chi connectivity index (χ0n) is 16.7. The molecule has 1 saturated heterocycles. The van der Waals surface area contributed by atoms with E-state index >= 15 is 0 Å². The molecule has 1 fully saturated rings. The number of hydrogen-bond donors (Lipinski definition) is 0. The van der Waals surface area contributed by atoms with Gasteiger partial charge in [0, 0.05) is 38.3 Å².